The fourth-order valence-electron chi connectivity index (χ4n) is 4.20. The van der Waals surface area contributed by atoms with E-state index in [2.05, 4.69) is 21.3 Å². The summed E-state index contributed by atoms with van der Waals surface area (Å²) >= 11 is 0. The molecule has 4 N–H and O–H groups in total. The van der Waals surface area contributed by atoms with Gasteiger partial charge in [0.1, 0.15) is 11.6 Å². The first kappa shape index (κ1) is 26.9. The quantitative estimate of drug-likeness (QED) is 0.373. The van der Waals surface area contributed by atoms with Crippen LogP contribution in [0.15, 0.2) is 0 Å². The summed E-state index contributed by atoms with van der Waals surface area (Å²) in [6.45, 7) is 9.95. The summed E-state index contributed by atoms with van der Waals surface area (Å²) in [7, 11) is 0. The van der Waals surface area contributed by atoms with Crippen LogP contribution in [0.2, 0.25) is 0 Å². The summed E-state index contributed by atoms with van der Waals surface area (Å²) in [4.78, 5) is 50.9. The molecule has 0 saturated carbocycles. The minimum Gasteiger partial charge on any atom is -0.444 e. The number of likely N-dealkylation sites (tertiary alicyclic amines) is 1. The van der Waals surface area contributed by atoms with Crippen molar-refractivity contribution >= 4 is 23.8 Å². The van der Waals surface area contributed by atoms with Crippen LogP contribution in [-0.2, 0) is 19.1 Å². The van der Waals surface area contributed by atoms with Crippen molar-refractivity contribution in [2.45, 2.75) is 83.9 Å². The molecule has 4 amide bonds. The minimum atomic E-state index is -0.606. The second kappa shape index (κ2) is 12.8. The standard InChI is InChI=1S/C23H41N5O5/c1-16(29)26-18-10-14-28(15-18)21(31)19(27-20(30)17-8-12-24-13-9-17)7-5-6-11-25-22(32)33-23(2,3)4/h17-19,24H,5-15H2,1-4H3,(H,25,32)(H,26,29)(H,27,30)/t18-,19+/m0/s1. The third-order valence-corrected chi connectivity index (χ3v) is 5.82. The van der Waals surface area contributed by atoms with Gasteiger partial charge in [0.25, 0.3) is 0 Å². The Hall–Kier alpha value is -2.36. The van der Waals surface area contributed by atoms with Gasteiger partial charge in [-0.15, -0.1) is 0 Å². The molecule has 0 unspecified atom stereocenters. The van der Waals surface area contributed by atoms with E-state index < -0.39 is 17.7 Å². The van der Waals surface area contributed by atoms with Crippen molar-refractivity contribution < 1.29 is 23.9 Å². The molecule has 10 nitrogen and oxygen atoms in total. The van der Waals surface area contributed by atoms with Crippen LogP contribution >= 0.6 is 0 Å². The highest BCUT2D eigenvalue weighted by molar-refractivity contribution is 5.88. The van der Waals surface area contributed by atoms with Crippen molar-refractivity contribution in [1.29, 1.82) is 0 Å². The molecular weight excluding hydrogens is 426 g/mol. The Balaban J connectivity index is 1.87. The molecule has 33 heavy (non-hydrogen) atoms. The summed E-state index contributed by atoms with van der Waals surface area (Å²) in [5.74, 6) is -0.367. The number of ether oxygens (including phenoxy) is 1. The Morgan fingerprint density at radius 3 is 2.42 bits per heavy atom. The number of unbranched alkanes of at least 4 members (excludes halogenated alkanes) is 1. The highest BCUT2D eigenvalue weighted by Crippen LogP contribution is 2.16. The van der Waals surface area contributed by atoms with Crippen LogP contribution in [-0.4, -0.2) is 79.1 Å². The van der Waals surface area contributed by atoms with Crippen molar-refractivity contribution in [3.05, 3.63) is 0 Å². The van der Waals surface area contributed by atoms with Gasteiger partial charge >= 0.3 is 6.09 Å². The van der Waals surface area contributed by atoms with Crippen molar-refractivity contribution in [3.8, 4) is 0 Å². The molecule has 2 aliphatic rings. The maximum atomic E-state index is 13.2. The molecule has 2 heterocycles. The molecule has 0 spiro atoms. The molecular formula is C23H41N5O5. The zero-order valence-corrected chi connectivity index (χ0v) is 20.5. The second-order valence-electron chi connectivity index (χ2n) is 9.98. The molecule has 0 aliphatic carbocycles. The van der Waals surface area contributed by atoms with Crippen LogP contribution in [0, 0.1) is 5.92 Å². The molecule has 2 saturated heterocycles. The van der Waals surface area contributed by atoms with E-state index in [9.17, 15) is 19.2 Å². The van der Waals surface area contributed by atoms with Gasteiger partial charge in [-0.3, -0.25) is 14.4 Å². The lowest BCUT2D eigenvalue weighted by Crippen LogP contribution is -2.51. The molecule has 188 valence electrons. The Morgan fingerprint density at radius 2 is 1.79 bits per heavy atom. The van der Waals surface area contributed by atoms with Crippen LogP contribution in [0.1, 0.15) is 66.2 Å². The van der Waals surface area contributed by atoms with Crippen molar-refractivity contribution in [3.63, 3.8) is 0 Å². The van der Waals surface area contributed by atoms with E-state index in [1.54, 1.807) is 4.90 Å². The van der Waals surface area contributed by atoms with Gasteiger partial charge in [-0.1, -0.05) is 0 Å². The fraction of sp³-hybridized carbons (Fsp3) is 0.826. The van der Waals surface area contributed by atoms with Gasteiger partial charge in [-0.25, -0.2) is 4.79 Å². The third-order valence-electron chi connectivity index (χ3n) is 5.82. The lowest BCUT2D eigenvalue weighted by Gasteiger charge is -2.28. The van der Waals surface area contributed by atoms with E-state index in [4.69, 9.17) is 4.74 Å². The molecule has 0 aromatic rings. The monoisotopic (exact) mass is 467 g/mol. The third kappa shape index (κ3) is 9.98. The summed E-state index contributed by atoms with van der Waals surface area (Å²) in [6, 6.07) is -0.657. The minimum absolute atomic E-state index is 0.0507. The van der Waals surface area contributed by atoms with Crippen LogP contribution in [0.25, 0.3) is 0 Å². The Morgan fingerprint density at radius 1 is 1.09 bits per heavy atom. The molecule has 2 fully saturated rings. The average molecular weight is 468 g/mol. The maximum Gasteiger partial charge on any atom is 0.407 e. The van der Waals surface area contributed by atoms with Gasteiger partial charge in [0.2, 0.25) is 17.7 Å². The number of piperidine rings is 1. The average Bonchev–Trinajstić information content (AvgIpc) is 3.19. The Bertz CT molecular complexity index is 687. The summed E-state index contributed by atoms with van der Waals surface area (Å²) < 4.78 is 5.23. The number of nitrogens with zero attached hydrogens (tertiary/aromatic N) is 1. The van der Waals surface area contributed by atoms with Gasteiger partial charge in [0.05, 0.1) is 0 Å². The lowest BCUT2D eigenvalue weighted by atomic mass is 9.96. The number of carbonyl (C=O) groups excluding carboxylic acids is 4. The first-order chi connectivity index (χ1) is 15.5. The van der Waals surface area contributed by atoms with Crippen LogP contribution in [0.4, 0.5) is 4.79 Å². The van der Waals surface area contributed by atoms with Crippen LogP contribution in [0.3, 0.4) is 0 Å². The molecule has 10 heteroatoms. The SMILES string of the molecule is CC(=O)N[C@H]1CCN(C(=O)[C@@H](CCCCNC(=O)OC(C)(C)C)NC(=O)C2CCNCC2)C1. The van der Waals surface area contributed by atoms with E-state index in [1.165, 1.54) is 6.92 Å². The smallest absolute Gasteiger partial charge is 0.407 e. The Labute approximate surface area is 196 Å². The molecule has 2 rings (SSSR count). The molecule has 2 atom stereocenters. The largest absolute Gasteiger partial charge is 0.444 e. The molecule has 2 aliphatic heterocycles. The zero-order valence-electron chi connectivity index (χ0n) is 20.5. The molecule has 0 bridgehead atoms. The highest BCUT2D eigenvalue weighted by Gasteiger charge is 2.33. The van der Waals surface area contributed by atoms with Gasteiger partial charge in [-0.05, 0) is 72.4 Å². The van der Waals surface area contributed by atoms with Crippen molar-refractivity contribution in [2.24, 2.45) is 5.92 Å². The number of hydrogen-bond acceptors (Lipinski definition) is 6. The zero-order chi connectivity index (χ0) is 24.4. The molecule has 0 aromatic carbocycles. The Kier molecular flexibility index (Phi) is 10.4. The van der Waals surface area contributed by atoms with E-state index in [0.717, 1.165) is 25.9 Å². The van der Waals surface area contributed by atoms with Crippen molar-refractivity contribution in [2.75, 3.05) is 32.7 Å². The molecule has 0 radical (unpaired) electrons. The van der Waals surface area contributed by atoms with Gasteiger partial charge in [0.15, 0.2) is 0 Å². The van der Waals surface area contributed by atoms with Gasteiger partial charge in [0, 0.05) is 38.5 Å². The topological polar surface area (TPSA) is 129 Å². The van der Waals surface area contributed by atoms with Crippen LogP contribution < -0.4 is 21.3 Å². The van der Waals surface area contributed by atoms with E-state index in [1.807, 2.05) is 20.8 Å². The van der Waals surface area contributed by atoms with E-state index >= 15 is 0 Å². The van der Waals surface area contributed by atoms with E-state index in [-0.39, 0.29) is 29.7 Å². The fourth-order valence-corrected chi connectivity index (χ4v) is 4.20. The number of hydrogen-bond donors (Lipinski definition) is 4. The first-order valence-corrected chi connectivity index (χ1v) is 12.1. The second-order valence-corrected chi connectivity index (χ2v) is 9.98. The number of nitrogens with one attached hydrogen (secondary N) is 4. The highest BCUT2D eigenvalue weighted by atomic mass is 16.6. The molecule has 0 aromatic heterocycles. The van der Waals surface area contributed by atoms with Crippen LogP contribution in [0.5, 0.6) is 0 Å². The number of alkyl carbamates (subject to hydrolysis) is 1. The lowest BCUT2D eigenvalue weighted by molar-refractivity contribution is -0.137. The predicted octanol–water partition coefficient (Wildman–Crippen LogP) is 0.903. The normalized spacial score (nSPS) is 20.1. The number of carbonyl (C=O) groups is 4. The first-order valence-electron chi connectivity index (χ1n) is 12.1. The summed E-state index contributed by atoms with van der Waals surface area (Å²) in [5, 5.41) is 11.8. The number of rotatable bonds is 9. The van der Waals surface area contributed by atoms with Crippen molar-refractivity contribution in [1.82, 2.24) is 26.2 Å². The predicted molar refractivity (Wildman–Crippen MR) is 124 cm³/mol. The van der Waals surface area contributed by atoms with Gasteiger partial charge in [-0.2, -0.15) is 0 Å². The summed E-state index contributed by atoms with van der Waals surface area (Å²) in [5.41, 5.74) is -0.550. The van der Waals surface area contributed by atoms with Gasteiger partial charge < -0.3 is 30.9 Å². The summed E-state index contributed by atoms with van der Waals surface area (Å²) in [6.07, 6.45) is 3.60. The maximum absolute atomic E-state index is 13.2. The number of amides is 4. The van der Waals surface area contributed by atoms with E-state index in [0.29, 0.717) is 45.3 Å².